The van der Waals surface area contributed by atoms with Gasteiger partial charge in [-0.25, -0.2) is 0 Å². The van der Waals surface area contributed by atoms with E-state index in [1.165, 1.54) is 4.90 Å². The van der Waals surface area contributed by atoms with Crippen LogP contribution in [0, 0.1) is 13.8 Å². The first kappa shape index (κ1) is 27.7. The van der Waals surface area contributed by atoms with E-state index in [9.17, 15) is 31.1 Å². The molecule has 1 fully saturated rings. The fourth-order valence-electron chi connectivity index (χ4n) is 4.76. The molecule has 1 saturated heterocycles. The topological polar surface area (TPSA) is 41.4 Å². The van der Waals surface area contributed by atoms with Gasteiger partial charge in [0.2, 0.25) is 0 Å². The minimum absolute atomic E-state index is 0.0369. The molecule has 1 aromatic heterocycles. The Labute approximate surface area is 216 Å². The molecule has 2 aromatic carbocycles. The molecule has 2 heterocycles. The Morgan fingerprint density at radius 2 is 1.58 bits per heavy atom. The zero-order valence-electron chi connectivity index (χ0n) is 21.2. The lowest BCUT2D eigenvalue weighted by atomic mass is 9.97. The van der Waals surface area contributed by atoms with Crippen molar-refractivity contribution < 1.29 is 31.1 Å². The maximum absolute atomic E-state index is 13.5. The van der Waals surface area contributed by atoms with Gasteiger partial charge >= 0.3 is 12.4 Å². The van der Waals surface area contributed by atoms with E-state index in [0.717, 1.165) is 22.3 Å². The van der Waals surface area contributed by atoms with Gasteiger partial charge in [-0.15, -0.1) is 0 Å². The molecular weight excluding hydrogens is 510 g/mol. The maximum atomic E-state index is 13.5. The molecule has 3 aromatic rings. The Balaban J connectivity index is 1.66. The van der Waals surface area contributed by atoms with Crippen molar-refractivity contribution in [1.82, 2.24) is 19.6 Å². The Hall–Kier alpha value is -3.34. The van der Waals surface area contributed by atoms with Crippen molar-refractivity contribution >= 4 is 5.91 Å². The van der Waals surface area contributed by atoms with Gasteiger partial charge in [0.1, 0.15) is 0 Å². The zero-order chi connectivity index (χ0) is 27.8. The van der Waals surface area contributed by atoms with Crippen LogP contribution >= 0.6 is 0 Å². The summed E-state index contributed by atoms with van der Waals surface area (Å²) in [7, 11) is 1.80. The SMILES string of the molecule is Cc1ccc(C[C@@H]2CN(Cc3cnn(C)c3)CCN2C(=O)c2cc(C(F)(F)F)cc(C(F)(F)F)c2)cc1C. The third-order valence-electron chi connectivity index (χ3n) is 6.87. The first-order valence-corrected chi connectivity index (χ1v) is 12.1. The molecule has 1 amide bonds. The average Bonchev–Trinajstić information content (AvgIpc) is 3.24. The maximum Gasteiger partial charge on any atom is 0.416 e. The molecule has 0 radical (unpaired) electrons. The van der Waals surface area contributed by atoms with Crippen molar-refractivity contribution in [2.75, 3.05) is 19.6 Å². The highest BCUT2D eigenvalue weighted by molar-refractivity contribution is 5.95. The van der Waals surface area contributed by atoms with E-state index in [-0.39, 0.29) is 12.6 Å². The van der Waals surface area contributed by atoms with E-state index < -0.39 is 41.0 Å². The number of amides is 1. The van der Waals surface area contributed by atoms with Crippen LogP contribution in [0.2, 0.25) is 0 Å². The Bertz CT molecular complexity index is 1280. The van der Waals surface area contributed by atoms with Crippen molar-refractivity contribution in [1.29, 1.82) is 0 Å². The summed E-state index contributed by atoms with van der Waals surface area (Å²) in [5.41, 5.74) is 0.401. The number of hydrogen-bond acceptors (Lipinski definition) is 3. The largest absolute Gasteiger partial charge is 0.416 e. The molecule has 0 saturated carbocycles. The molecular formula is C27H28F6N4O. The van der Waals surface area contributed by atoms with Crippen LogP contribution in [0.4, 0.5) is 26.3 Å². The van der Waals surface area contributed by atoms with Crippen LogP contribution in [0.3, 0.4) is 0 Å². The summed E-state index contributed by atoms with van der Waals surface area (Å²) in [6.45, 7) is 5.46. The number of hydrogen-bond donors (Lipinski definition) is 0. The van der Waals surface area contributed by atoms with Crippen LogP contribution in [-0.2, 0) is 32.4 Å². The lowest BCUT2D eigenvalue weighted by molar-refractivity contribution is -0.143. The lowest BCUT2D eigenvalue weighted by Gasteiger charge is -2.42. The van der Waals surface area contributed by atoms with Gasteiger partial charge in [-0.2, -0.15) is 31.4 Å². The molecule has 1 aliphatic rings. The minimum Gasteiger partial charge on any atom is -0.333 e. The molecule has 11 heteroatoms. The quantitative estimate of drug-likeness (QED) is 0.395. The van der Waals surface area contributed by atoms with Gasteiger partial charge < -0.3 is 4.90 Å². The molecule has 5 nitrogen and oxygen atoms in total. The fraction of sp³-hybridized carbons (Fsp3) is 0.407. The van der Waals surface area contributed by atoms with Gasteiger partial charge in [-0.05, 0) is 55.2 Å². The summed E-state index contributed by atoms with van der Waals surface area (Å²) in [5, 5.41) is 4.17. The second-order valence-electron chi connectivity index (χ2n) is 9.83. The van der Waals surface area contributed by atoms with Crippen LogP contribution in [0.25, 0.3) is 0 Å². The molecule has 0 spiro atoms. The molecule has 1 atom stereocenters. The smallest absolute Gasteiger partial charge is 0.333 e. The highest BCUT2D eigenvalue weighted by Crippen LogP contribution is 2.37. The van der Waals surface area contributed by atoms with E-state index in [4.69, 9.17) is 0 Å². The highest BCUT2D eigenvalue weighted by Gasteiger charge is 2.39. The minimum atomic E-state index is -5.03. The standard InChI is InChI=1S/C27H28F6N4O/c1-17-4-5-19(8-18(17)2)9-24-16-36(15-20-13-34-35(3)14-20)6-7-37(24)25(38)21-10-22(26(28,29)30)12-23(11-21)27(31,32)33/h4-5,8,10-14,24H,6-7,9,15-16H2,1-3H3/t24-/m1/s1. The number of rotatable bonds is 5. The van der Waals surface area contributed by atoms with Gasteiger partial charge in [0.05, 0.1) is 17.3 Å². The third kappa shape index (κ3) is 6.38. The summed E-state index contributed by atoms with van der Waals surface area (Å²) >= 11 is 0. The van der Waals surface area contributed by atoms with Gasteiger partial charge in [-0.3, -0.25) is 14.4 Å². The first-order valence-electron chi connectivity index (χ1n) is 12.1. The molecule has 0 unspecified atom stereocenters. The fourth-order valence-corrected chi connectivity index (χ4v) is 4.76. The molecule has 204 valence electrons. The normalized spacial score (nSPS) is 17.2. The van der Waals surface area contributed by atoms with Crippen LogP contribution in [0.5, 0.6) is 0 Å². The monoisotopic (exact) mass is 538 g/mol. The number of aromatic nitrogens is 2. The number of alkyl halides is 6. The number of carbonyl (C=O) groups excluding carboxylic acids is 1. The van der Waals surface area contributed by atoms with Gasteiger partial charge in [0.15, 0.2) is 0 Å². The van der Waals surface area contributed by atoms with Gasteiger partial charge in [0.25, 0.3) is 5.91 Å². The number of piperazine rings is 1. The first-order chi connectivity index (χ1) is 17.7. The van der Waals surface area contributed by atoms with Crippen LogP contribution < -0.4 is 0 Å². The van der Waals surface area contributed by atoms with E-state index in [1.54, 1.807) is 17.9 Å². The van der Waals surface area contributed by atoms with E-state index in [2.05, 4.69) is 10.00 Å². The molecule has 1 aliphatic heterocycles. The average molecular weight is 539 g/mol. The lowest BCUT2D eigenvalue weighted by Crippen LogP contribution is -2.55. The van der Waals surface area contributed by atoms with Gasteiger partial charge in [0, 0.05) is 56.6 Å². The number of halogens is 6. The van der Waals surface area contributed by atoms with E-state index in [1.807, 2.05) is 38.2 Å². The predicted molar refractivity (Wildman–Crippen MR) is 129 cm³/mol. The summed E-state index contributed by atoms with van der Waals surface area (Å²) < 4.78 is 82.3. The van der Waals surface area contributed by atoms with Crippen molar-refractivity contribution in [2.24, 2.45) is 7.05 Å². The second kappa shape index (κ2) is 10.4. The highest BCUT2D eigenvalue weighted by atomic mass is 19.4. The predicted octanol–water partition coefficient (Wildman–Crippen LogP) is 5.64. The summed E-state index contributed by atoms with van der Waals surface area (Å²) in [6, 6.07) is 6.46. The van der Waals surface area contributed by atoms with Crippen molar-refractivity contribution in [2.45, 2.75) is 45.2 Å². The molecule has 0 N–H and O–H groups in total. The Morgan fingerprint density at radius 3 is 2.13 bits per heavy atom. The number of nitrogens with zero attached hydrogens (tertiary/aromatic N) is 4. The Kier molecular flexibility index (Phi) is 7.60. The molecule has 0 bridgehead atoms. The van der Waals surface area contributed by atoms with E-state index >= 15 is 0 Å². The van der Waals surface area contributed by atoms with Crippen molar-refractivity contribution in [3.63, 3.8) is 0 Å². The summed E-state index contributed by atoms with van der Waals surface area (Å²) in [6.07, 6.45) is -6.05. The third-order valence-corrected chi connectivity index (χ3v) is 6.87. The van der Waals surface area contributed by atoms with E-state index in [0.29, 0.717) is 38.2 Å². The van der Waals surface area contributed by atoms with Gasteiger partial charge in [-0.1, -0.05) is 18.2 Å². The molecule has 4 rings (SSSR count). The summed E-state index contributed by atoms with van der Waals surface area (Å²) in [4.78, 5) is 17.0. The zero-order valence-corrected chi connectivity index (χ0v) is 21.2. The molecule has 0 aliphatic carbocycles. The number of carbonyl (C=O) groups is 1. The Morgan fingerprint density at radius 1 is 0.921 bits per heavy atom. The van der Waals surface area contributed by atoms with Crippen molar-refractivity contribution in [3.8, 4) is 0 Å². The van der Waals surface area contributed by atoms with Crippen LogP contribution in [0.15, 0.2) is 48.8 Å². The summed E-state index contributed by atoms with van der Waals surface area (Å²) in [5.74, 6) is -0.850. The second-order valence-corrected chi connectivity index (χ2v) is 9.83. The number of aryl methyl sites for hydroxylation is 3. The molecule has 38 heavy (non-hydrogen) atoms. The van der Waals surface area contributed by atoms with Crippen molar-refractivity contribution in [3.05, 3.63) is 87.7 Å². The van der Waals surface area contributed by atoms with Crippen LogP contribution in [-0.4, -0.2) is 51.2 Å². The van der Waals surface area contributed by atoms with Crippen LogP contribution in [0.1, 0.15) is 43.7 Å². The number of benzene rings is 2.